The molecule has 2 aromatic heterocycles. The van der Waals surface area contributed by atoms with Gasteiger partial charge in [0, 0.05) is 17.0 Å². The van der Waals surface area contributed by atoms with Crippen molar-refractivity contribution in [2.24, 2.45) is 20.5 Å². The van der Waals surface area contributed by atoms with Gasteiger partial charge in [0.1, 0.15) is 35.1 Å². The van der Waals surface area contributed by atoms with E-state index in [-0.39, 0.29) is 77.9 Å². The fourth-order valence-electron chi connectivity index (χ4n) is 8.76. The van der Waals surface area contributed by atoms with E-state index in [2.05, 4.69) is 30.7 Å². The molecule has 0 saturated heterocycles. The van der Waals surface area contributed by atoms with Gasteiger partial charge in [-0.05, 0) is 114 Å². The molecular formula is C55H48N8O12S2. The number of nitrogens with zero attached hydrogens (tertiary/aromatic N) is 8. The molecule has 22 heteroatoms. The van der Waals surface area contributed by atoms with Gasteiger partial charge in [-0.15, -0.1) is 20.5 Å². The van der Waals surface area contributed by atoms with E-state index in [4.69, 9.17) is 9.47 Å². The summed E-state index contributed by atoms with van der Waals surface area (Å²) in [5.74, 6) is -1.21. The lowest BCUT2D eigenvalue weighted by Gasteiger charge is -2.25. The second kappa shape index (κ2) is 21.8. The van der Waals surface area contributed by atoms with Crippen LogP contribution >= 0.6 is 0 Å². The third-order valence-electron chi connectivity index (χ3n) is 12.6. The van der Waals surface area contributed by atoms with Crippen molar-refractivity contribution in [2.75, 3.05) is 14.2 Å². The van der Waals surface area contributed by atoms with Crippen LogP contribution in [0.4, 0.5) is 22.7 Å². The lowest BCUT2D eigenvalue weighted by molar-refractivity contribution is 0.220. The summed E-state index contributed by atoms with van der Waals surface area (Å²) in [7, 11) is -6.09. The zero-order valence-electron chi connectivity index (χ0n) is 41.3. The summed E-state index contributed by atoms with van der Waals surface area (Å²) >= 11 is 0. The Labute approximate surface area is 441 Å². The molecule has 0 aliphatic carbocycles. The van der Waals surface area contributed by atoms with E-state index in [1.54, 1.807) is 86.6 Å². The van der Waals surface area contributed by atoms with Gasteiger partial charge in [-0.2, -0.15) is 36.4 Å². The summed E-state index contributed by atoms with van der Waals surface area (Å²) in [6, 6.07) is 44.2. The lowest BCUT2D eigenvalue weighted by Crippen LogP contribution is -2.09. The minimum absolute atomic E-state index is 0.0431. The van der Waals surface area contributed by atoms with Crippen LogP contribution in [0.2, 0.25) is 0 Å². The standard InChI is InChI=1S/C55H48N8O12S2/c1-32-48(54(66)62(60-32)39-20-24-41(25-21-39)76(68,69)70)56-58-50-43(52(64)35-16-10-6-11-17-35)28-37(30-45(50)74-3)47(34-14-8-5-9-15-34)38-29-44(53(65)36-18-12-7-13-19-36)51(46(31-38)75-4)59-57-49-33(2)61-63(55(49)67)40-22-26-42(27-23-40)77(71,72)73/h5-31,47,52-53,64-67H,1-4H3,(H,68,69,70)(H,71,72,73)/b58-56+,59-57+. The molecule has 0 fully saturated rings. The molecule has 77 heavy (non-hydrogen) atoms. The van der Waals surface area contributed by atoms with Crippen molar-refractivity contribution in [2.45, 2.75) is 41.8 Å². The summed E-state index contributed by atoms with van der Waals surface area (Å²) < 4.78 is 80.1. The first-order valence-corrected chi connectivity index (χ1v) is 26.2. The molecule has 392 valence electrons. The molecule has 0 bridgehead atoms. The van der Waals surface area contributed by atoms with E-state index in [1.165, 1.54) is 38.5 Å². The molecule has 0 saturated carbocycles. The lowest BCUT2D eigenvalue weighted by atomic mass is 9.81. The van der Waals surface area contributed by atoms with Gasteiger partial charge in [-0.25, -0.2) is 0 Å². The van der Waals surface area contributed by atoms with Crippen LogP contribution in [0.25, 0.3) is 11.4 Å². The maximum absolute atomic E-state index is 12.3. The van der Waals surface area contributed by atoms with Crippen molar-refractivity contribution in [1.29, 1.82) is 0 Å². The Morgan fingerprint density at radius 2 is 0.779 bits per heavy atom. The number of ether oxygens (including phenoxy) is 2. The number of aryl methyl sites for hydroxylation is 2. The van der Waals surface area contributed by atoms with Gasteiger partial charge in [0.05, 0.1) is 46.8 Å². The molecule has 0 radical (unpaired) electrons. The van der Waals surface area contributed by atoms with E-state index in [0.29, 0.717) is 22.3 Å². The van der Waals surface area contributed by atoms with E-state index in [9.17, 15) is 46.4 Å². The van der Waals surface area contributed by atoms with Gasteiger partial charge < -0.3 is 29.9 Å². The molecule has 0 amide bonds. The number of aliphatic hydroxyl groups is 2. The van der Waals surface area contributed by atoms with Gasteiger partial charge in [0.15, 0.2) is 11.4 Å². The Morgan fingerprint density at radius 1 is 0.455 bits per heavy atom. The van der Waals surface area contributed by atoms with Gasteiger partial charge in [-0.3, -0.25) is 9.11 Å². The third-order valence-corrected chi connectivity index (χ3v) is 14.3. The summed E-state index contributed by atoms with van der Waals surface area (Å²) in [6.45, 7) is 3.17. The summed E-state index contributed by atoms with van der Waals surface area (Å²) in [6.07, 6.45) is -2.63. The number of aromatic nitrogens is 4. The smallest absolute Gasteiger partial charge is 0.294 e. The predicted octanol–water partition coefficient (Wildman–Crippen LogP) is 10.8. The summed E-state index contributed by atoms with van der Waals surface area (Å²) in [5, 5.41) is 74.4. The van der Waals surface area contributed by atoms with Gasteiger partial charge in [0.2, 0.25) is 11.8 Å². The number of hydrogen-bond donors (Lipinski definition) is 6. The SMILES string of the molecule is COc1cc(C(c2ccccc2)c2cc(OC)c(/N=N/c3c(C)nn(-c4ccc(S(=O)(=O)O)cc4)c3O)c(C(O)c3ccccc3)c2)cc(C(O)c2ccccc2)c1/N=N/c1c(C)nn(-c2ccc(S(=O)(=O)O)cc2)c1O. The molecule has 2 heterocycles. The number of aromatic hydroxyl groups is 2. The van der Waals surface area contributed by atoms with Crippen molar-refractivity contribution in [1.82, 2.24) is 19.6 Å². The Bertz CT molecular complexity index is 3680. The Hall–Kier alpha value is -8.90. The highest BCUT2D eigenvalue weighted by atomic mass is 32.2. The minimum atomic E-state index is -4.48. The number of rotatable bonds is 17. The molecule has 0 aliphatic rings. The van der Waals surface area contributed by atoms with Crippen LogP contribution in [0.3, 0.4) is 0 Å². The molecule has 7 aromatic carbocycles. The second-order valence-corrected chi connectivity index (χ2v) is 20.3. The topological polar surface area (TPSA) is 293 Å². The fourth-order valence-corrected chi connectivity index (χ4v) is 9.72. The molecule has 6 N–H and O–H groups in total. The third kappa shape index (κ3) is 11.0. The zero-order valence-corrected chi connectivity index (χ0v) is 43.0. The maximum atomic E-state index is 12.3. The van der Waals surface area contributed by atoms with E-state index in [0.717, 1.165) is 39.2 Å². The van der Waals surface area contributed by atoms with Crippen molar-refractivity contribution in [3.63, 3.8) is 0 Å². The highest BCUT2D eigenvalue weighted by Crippen LogP contribution is 2.48. The summed E-state index contributed by atoms with van der Waals surface area (Å²) in [5.41, 5.74) is 4.61. The minimum Gasteiger partial charge on any atom is -0.494 e. The van der Waals surface area contributed by atoms with Crippen LogP contribution in [-0.4, -0.2) is 80.1 Å². The van der Waals surface area contributed by atoms with Crippen LogP contribution in [0.1, 0.15) is 68.5 Å². The largest absolute Gasteiger partial charge is 0.494 e. The first kappa shape index (κ1) is 52.9. The first-order valence-electron chi connectivity index (χ1n) is 23.4. The molecule has 2 unspecified atom stereocenters. The van der Waals surface area contributed by atoms with Gasteiger partial charge >= 0.3 is 0 Å². The van der Waals surface area contributed by atoms with Crippen molar-refractivity contribution in [3.8, 4) is 34.6 Å². The number of benzene rings is 7. The molecule has 9 aromatic rings. The number of aliphatic hydroxyl groups excluding tert-OH is 2. The average molecular weight is 1080 g/mol. The zero-order chi connectivity index (χ0) is 54.8. The molecule has 0 aliphatic heterocycles. The average Bonchev–Trinajstić information content (AvgIpc) is 3.89. The van der Waals surface area contributed by atoms with Crippen LogP contribution in [0, 0.1) is 13.8 Å². The number of methoxy groups -OCH3 is 2. The van der Waals surface area contributed by atoms with Crippen molar-refractivity contribution < 1.29 is 55.8 Å². The van der Waals surface area contributed by atoms with Crippen LogP contribution in [0.5, 0.6) is 23.3 Å². The van der Waals surface area contributed by atoms with Crippen molar-refractivity contribution in [3.05, 3.63) is 214 Å². The first-order chi connectivity index (χ1) is 36.9. The molecule has 20 nitrogen and oxygen atoms in total. The maximum Gasteiger partial charge on any atom is 0.294 e. The van der Waals surface area contributed by atoms with Crippen LogP contribution in [-0.2, 0) is 20.2 Å². The monoisotopic (exact) mass is 1080 g/mol. The Morgan fingerprint density at radius 3 is 1.10 bits per heavy atom. The molecule has 9 rings (SSSR count). The van der Waals surface area contributed by atoms with Crippen LogP contribution < -0.4 is 9.47 Å². The van der Waals surface area contributed by atoms with Gasteiger partial charge in [0.25, 0.3) is 20.2 Å². The van der Waals surface area contributed by atoms with Crippen molar-refractivity contribution >= 4 is 43.0 Å². The highest BCUT2D eigenvalue weighted by molar-refractivity contribution is 7.86. The Kier molecular flexibility index (Phi) is 15.0. The fraction of sp³-hybridized carbons (Fsp3) is 0.127. The van der Waals surface area contributed by atoms with Crippen LogP contribution in [0.15, 0.2) is 194 Å². The van der Waals surface area contributed by atoms with E-state index in [1.807, 2.05) is 42.5 Å². The second-order valence-electron chi connectivity index (χ2n) is 17.5. The van der Waals surface area contributed by atoms with E-state index >= 15 is 0 Å². The van der Waals surface area contributed by atoms with E-state index < -0.39 is 50.1 Å². The number of azo groups is 2. The molecule has 2 atom stereocenters. The predicted molar refractivity (Wildman–Crippen MR) is 282 cm³/mol. The molecular weight excluding hydrogens is 1030 g/mol. The van der Waals surface area contributed by atoms with Gasteiger partial charge in [-0.1, -0.05) is 91.0 Å². The highest BCUT2D eigenvalue weighted by Gasteiger charge is 2.29. The quantitative estimate of drug-likeness (QED) is 0.0281. The Balaban J connectivity index is 1.20. The normalized spacial score (nSPS) is 13.2. The number of hydrogen-bond acceptors (Lipinski definition) is 16. The summed E-state index contributed by atoms with van der Waals surface area (Å²) in [4.78, 5) is -0.702. The molecule has 0 spiro atoms.